The van der Waals surface area contributed by atoms with Crippen LogP contribution in [0.1, 0.15) is 6.92 Å². The van der Waals surface area contributed by atoms with Gasteiger partial charge < -0.3 is 64.2 Å². The van der Waals surface area contributed by atoms with E-state index in [9.17, 15) is 45.6 Å². The number of phenols is 3. The van der Waals surface area contributed by atoms with E-state index >= 15 is 0 Å². The monoisotopic (exact) mass is 564 g/mol. The van der Waals surface area contributed by atoms with Gasteiger partial charge in [-0.15, -0.1) is 0 Å². The highest BCUT2D eigenvalue weighted by Gasteiger charge is 2.51. The van der Waals surface area contributed by atoms with Crippen LogP contribution < -0.4 is 10.2 Å². The molecule has 0 unspecified atom stereocenters. The molecule has 0 spiro atoms. The normalized spacial score (nSPS) is 32.4. The van der Waals surface area contributed by atoms with Gasteiger partial charge in [0, 0.05) is 17.7 Å². The summed E-state index contributed by atoms with van der Waals surface area (Å²) in [6, 6.07) is 7.48. The van der Waals surface area contributed by atoms with Crippen LogP contribution in [0.25, 0.3) is 22.3 Å². The van der Waals surface area contributed by atoms with Crippen LogP contribution in [0.4, 0.5) is 0 Å². The minimum absolute atomic E-state index is 0.0845. The molecule has 2 aliphatic heterocycles. The van der Waals surface area contributed by atoms with E-state index in [0.717, 1.165) is 12.1 Å². The van der Waals surface area contributed by atoms with Gasteiger partial charge in [-0.1, -0.05) is 0 Å². The maximum Gasteiger partial charge on any atom is 0.239 e. The Morgan fingerprint density at radius 1 is 0.850 bits per heavy atom. The zero-order valence-electron chi connectivity index (χ0n) is 20.9. The summed E-state index contributed by atoms with van der Waals surface area (Å²) in [7, 11) is 0. The second-order valence-electron chi connectivity index (χ2n) is 9.59. The van der Waals surface area contributed by atoms with Crippen molar-refractivity contribution in [1.29, 1.82) is 0 Å². The van der Waals surface area contributed by atoms with Crippen molar-refractivity contribution < 1.29 is 64.2 Å². The number of aliphatic hydroxyl groups is 5. The molecule has 14 nitrogen and oxygen atoms in total. The van der Waals surface area contributed by atoms with E-state index in [1.54, 1.807) is 0 Å². The van der Waals surface area contributed by atoms with Crippen LogP contribution in [0, 0.1) is 0 Å². The molecular weight excluding hydrogens is 536 g/mol. The Morgan fingerprint density at radius 3 is 2.23 bits per heavy atom. The van der Waals surface area contributed by atoms with Crippen LogP contribution in [0.2, 0.25) is 0 Å². The second-order valence-corrected chi connectivity index (χ2v) is 9.59. The molecule has 0 bridgehead atoms. The quantitative estimate of drug-likeness (QED) is 0.184. The van der Waals surface area contributed by atoms with Gasteiger partial charge in [0.05, 0.1) is 12.7 Å². The summed E-state index contributed by atoms with van der Waals surface area (Å²) in [5.41, 5.74) is -0.847. The molecule has 5 rings (SSSR count). The van der Waals surface area contributed by atoms with Crippen LogP contribution in [0.5, 0.6) is 23.0 Å². The summed E-state index contributed by atoms with van der Waals surface area (Å²) in [4.78, 5) is 13.6. The fourth-order valence-corrected chi connectivity index (χ4v) is 4.67. The first kappa shape index (κ1) is 28.1. The lowest BCUT2D eigenvalue weighted by Crippen LogP contribution is -2.59. The van der Waals surface area contributed by atoms with Crippen molar-refractivity contribution >= 4 is 11.0 Å². The molecule has 40 heavy (non-hydrogen) atoms. The van der Waals surface area contributed by atoms with Gasteiger partial charge in [-0.3, -0.25) is 4.79 Å². The maximum absolute atomic E-state index is 13.6. The van der Waals surface area contributed by atoms with Crippen LogP contribution >= 0.6 is 0 Å². The Labute approximate surface area is 225 Å². The first-order valence-corrected chi connectivity index (χ1v) is 12.3. The molecule has 0 aliphatic carbocycles. The molecule has 2 aliphatic rings. The van der Waals surface area contributed by atoms with E-state index in [1.165, 1.54) is 31.2 Å². The molecule has 14 heteroatoms. The largest absolute Gasteiger partial charge is 0.508 e. The van der Waals surface area contributed by atoms with Gasteiger partial charge >= 0.3 is 0 Å². The van der Waals surface area contributed by atoms with Crippen molar-refractivity contribution in [2.75, 3.05) is 6.61 Å². The van der Waals surface area contributed by atoms with Crippen molar-refractivity contribution in [2.45, 2.75) is 62.2 Å². The third-order valence-corrected chi connectivity index (χ3v) is 6.86. The van der Waals surface area contributed by atoms with Gasteiger partial charge in [0.25, 0.3) is 0 Å². The Kier molecular flexibility index (Phi) is 7.60. The van der Waals surface area contributed by atoms with Gasteiger partial charge in [-0.05, 0) is 31.2 Å². The number of aliphatic hydroxyl groups excluding tert-OH is 5. The number of hydrogen-bond donors (Lipinski definition) is 8. The van der Waals surface area contributed by atoms with Crippen molar-refractivity contribution in [3.8, 4) is 34.3 Å². The predicted molar refractivity (Wildman–Crippen MR) is 133 cm³/mol. The van der Waals surface area contributed by atoms with E-state index < -0.39 is 78.8 Å². The molecule has 0 saturated carbocycles. The summed E-state index contributed by atoms with van der Waals surface area (Å²) in [5.74, 6) is -1.80. The highest BCUT2D eigenvalue weighted by atomic mass is 16.8. The Balaban J connectivity index is 1.57. The molecular formula is C26H28O14. The SMILES string of the molecule is C[C@H]1O[C@@H](O[C@@H]2[C@H](Oc3c(-c4ccc(O)cc4)oc4cc(O)cc(O)c4c3=O)O[C@@H](CO)[C@H]2O)[C@H](O)[C@H](O)[C@H]1O. The molecule has 2 saturated heterocycles. The average Bonchev–Trinajstić information content (AvgIpc) is 3.21. The van der Waals surface area contributed by atoms with Crippen LogP contribution in [-0.4, -0.2) is 103 Å². The van der Waals surface area contributed by atoms with E-state index in [-0.39, 0.29) is 33.8 Å². The zero-order valence-corrected chi connectivity index (χ0v) is 20.9. The number of fused-ring (bicyclic) bond motifs is 1. The molecule has 1 aromatic heterocycles. The lowest BCUT2D eigenvalue weighted by atomic mass is 10.00. The topological polar surface area (TPSA) is 229 Å². The highest BCUT2D eigenvalue weighted by molar-refractivity contribution is 5.88. The van der Waals surface area contributed by atoms with Crippen LogP contribution in [0.15, 0.2) is 45.6 Å². The van der Waals surface area contributed by atoms with Gasteiger partial charge in [0.1, 0.15) is 58.7 Å². The van der Waals surface area contributed by atoms with Gasteiger partial charge in [-0.2, -0.15) is 0 Å². The van der Waals surface area contributed by atoms with Crippen molar-refractivity contribution in [2.24, 2.45) is 0 Å². The molecule has 9 atom stereocenters. The first-order valence-electron chi connectivity index (χ1n) is 12.3. The molecule has 3 heterocycles. The average molecular weight is 564 g/mol. The molecule has 2 fully saturated rings. The predicted octanol–water partition coefficient (Wildman–Crippen LogP) is -0.754. The molecule has 0 amide bonds. The second kappa shape index (κ2) is 10.8. The molecule has 8 N–H and O–H groups in total. The van der Waals surface area contributed by atoms with Crippen molar-refractivity contribution in [1.82, 2.24) is 0 Å². The third kappa shape index (κ3) is 4.95. The summed E-state index contributed by atoms with van der Waals surface area (Å²) >= 11 is 0. The van der Waals surface area contributed by atoms with Crippen LogP contribution in [-0.2, 0) is 14.2 Å². The van der Waals surface area contributed by atoms with Gasteiger partial charge in [-0.25, -0.2) is 0 Å². The number of benzene rings is 2. The smallest absolute Gasteiger partial charge is 0.239 e. The number of rotatable bonds is 6. The van der Waals surface area contributed by atoms with Crippen molar-refractivity contribution in [3.63, 3.8) is 0 Å². The Hall–Kier alpha value is -3.47. The third-order valence-electron chi connectivity index (χ3n) is 6.86. The molecule has 2 aromatic carbocycles. The standard InChI is InChI=1S/C26H28O14/c1-9-17(31)20(34)21(35)25(36-9)40-24-18(32)15(8-27)38-26(24)39-23-19(33)16-13(30)6-12(29)7-14(16)37-22(23)10-2-4-11(28)5-3-10/h2-7,9,15,17-18,20-21,24-32,34-35H,8H2,1H3/t9-,15+,17+,18-,20-,21-,24+,25+,26+/m1/s1. The van der Waals surface area contributed by atoms with Gasteiger partial charge in [0.2, 0.25) is 17.5 Å². The summed E-state index contributed by atoms with van der Waals surface area (Å²) in [6.07, 6.45) is -13.3. The lowest BCUT2D eigenvalue weighted by molar-refractivity contribution is -0.316. The Bertz CT molecular complexity index is 1420. The fourth-order valence-electron chi connectivity index (χ4n) is 4.67. The minimum atomic E-state index is -1.74. The van der Waals surface area contributed by atoms with E-state index in [2.05, 4.69) is 0 Å². The van der Waals surface area contributed by atoms with E-state index in [0.29, 0.717) is 0 Å². The fraction of sp³-hybridized carbons (Fsp3) is 0.423. The number of aromatic hydroxyl groups is 3. The summed E-state index contributed by atoms with van der Waals surface area (Å²) in [6.45, 7) is 0.737. The number of hydrogen-bond acceptors (Lipinski definition) is 14. The summed E-state index contributed by atoms with van der Waals surface area (Å²) in [5, 5.41) is 80.7. The van der Waals surface area contributed by atoms with E-state index in [1.807, 2.05) is 0 Å². The summed E-state index contributed by atoms with van der Waals surface area (Å²) < 4.78 is 28.5. The molecule has 3 aromatic rings. The first-order chi connectivity index (χ1) is 19.0. The number of phenolic OH excluding ortho intramolecular Hbond substituents is 3. The maximum atomic E-state index is 13.6. The van der Waals surface area contributed by atoms with Crippen LogP contribution in [0.3, 0.4) is 0 Å². The molecule has 216 valence electrons. The van der Waals surface area contributed by atoms with Gasteiger partial charge in [0.15, 0.2) is 18.2 Å². The highest BCUT2D eigenvalue weighted by Crippen LogP contribution is 2.38. The van der Waals surface area contributed by atoms with E-state index in [4.69, 9.17) is 23.4 Å². The van der Waals surface area contributed by atoms with Crippen molar-refractivity contribution in [3.05, 3.63) is 46.6 Å². The number of ether oxygens (including phenoxy) is 4. The molecule has 0 radical (unpaired) electrons. The minimum Gasteiger partial charge on any atom is -0.508 e. The zero-order chi connectivity index (χ0) is 28.9. The Morgan fingerprint density at radius 2 is 1.55 bits per heavy atom. The lowest BCUT2D eigenvalue weighted by Gasteiger charge is -2.40.